The van der Waals surface area contributed by atoms with Crippen molar-refractivity contribution in [3.8, 4) is 0 Å². The summed E-state index contributed by atoms with van der Waals surface area (Å²) in [6.45, 7) is 1.54. The van der Waals surface area contributed by atoms with Gasteiger partial charge in [-0.3, -0.25) is 0 Å². The summed E-state index contributed by atoms with van der Waals surface area (Å²) in [6.07, 6.45) is -4.79. The summed E-state index contributed by atoms with van der Waals surface area (Å²) in [7, 11) is 0. The first-order chi connectivity index (χ1) is 6.80. The lowest BCUT2D eigenvalue weighted by atomic mass is 10.1. The Bertz CT molecular complexity index is 347. The Hall–Kier alpha value is -0.550. The topological polar surface area (TPSA) is 20.2 Å². The van der Waals surface area contributed by atoms with Gasteiger partial charge in [-0.1, -0.05) is 22.0 Å². The fourth-order valence-electron chi connectivity index (χ4n) is 1.26. The third kappa shape index (κ3) is 3.50. The predicted octanol–water partition coefficient (Wildman–Crippen LogP) is 3.39. The smallest absolute Gasteiger partial charge is 0.393 e. The summed E-state index contributed by atoms with van der Waals surface area (Å²) in [4.78, 5) is 0. The molecule has 0 aromatic heterocycles. The van der Waals surface area contributed by atoms with Crippen molar-refractivity contribution in [1.29, 1.82) is 0 Å². The van der Waals surface area contributed by atoms with E-state index in [2.05, 4.69) is 15.9 Å². The van der Waals surface area contributed by atoms with Crippen molar-refractivity contribution in [2.24, 2.45) is 0 Å². The van der Waals surface area contributed by atoms with E-state index in [0.29, 0.717) is 5.56 Å². The second kappa shape index (κ2) is 4.53. The van der Waals surface area contributed by atoms with E-state index in [-0.39, 0.29) is 10.9 Å². The van der Waals surface area contributed by atoms with Crippen molar-refractivity contribution in [2.45, 2.75) is 25.6 Å². The summed E-state index contributed by atoms with van der Waals surface area (Å²) in [6, 6.07) is 3.96. The Morgan fingerprint density at radius 1 is 1.40 bits per heavy atom. The molecule has 1 nitrogen and oxygen atoms in total. The molecule has 1 rings (SSSR count). The van der Waals surface area contributed by atoms with Gasteiger partial charge in [-0.05, 0) is 31.0 Å². The third-order valence-corrected chi connectivity index (χ3v) is 2.56. The third-order valence-electron chi connectivity index (χ3n) is 1.87. The van der Waals surface area contributed by atoms with Gasteiger partial charge in [0.15, 0.2) is 0 Å². The van der Waals surface area contributed by atoms with Crippen molar-refractivity contribution >= 4 is 15.9 Å². The molecular weight excluding hydrogens is 273 g/mol. The highest BCUT2D eigenvalue weighted by Gasteiger charge is 2.33. The lowest BCUT2D eigenvalue weighted by Gasteiger charge is -2.11. The number of hydrogen-bond acceptors (Lipinski definition) is 1. The highest BCUT2D eigenvalue weighted by Crippen LogP contribution is 2.35. The zero-order valence-electron chi connectivity index (χ0n) is 7.98. The second-order valence-corrected chi connectivity index (χ2v) is 4.22. The van der Waals surface area contributed by atoms with E-state index < -0.39 is 17.8 Å². The first-order valence-corrected chi connectivity index (χ1v) is 5.13. The van der Waals surface area contributed by atoms with Gasteiger partial charge >= 0.3 is 6.18 Å². The average molecular weight is 283 g/mol. The van der Waals surface area contributed by atoms with E-state index >= 15 is 0 Å². The van der Waals surface area contributed by atoms with E-state index in [1.807, 2.05) is 0 Å². The van der Waals surface area contributed by atoms with E-state index in [9.17, 15) is 13.2 Å². The molecule has 0 bridgehead atoms. The van der Waals surface area contributed by atoms with E-state index in [1.54, 1.807) is 6.07 Å². The number of halogens is 4. The van der Waals surface area contributed by atoms with E-state index in [0.717, 1.165) is 6.07 Å². The molecule has 1 N–H and O–H groups in total. The summed E-state index contributed by atoms with van der Waals surface area (Å²) < 4.78 is 37.4. The van der Waals surface area contributed by atoms with Gasteiger partial charge in [-0.25, -0.2) is 0 Å². The Balaban J connectivity index is 3.06. The molecule has 0 aliphatic rings. The highest BCUT2D eigenvalue weighted by molar-refractivity contribution is 9.10. The lowest BCUT2D eigenvalue weighted by Crippen LogP contribution is -2.09. The molecule has 1 aromatic rings. The lowest BCUT2D eigenvalue weighted by molar-refractivity contribution is -0.138. The van der Waals surface area contributed by atoms with Crippen LogP contribution in [0.15, 0.2) is 22.7 Å². The minimum Gasteiger partial charge on any atom is -0.393 e. The zero-order chi connectivity index (χ0) is 11.6. The molecule has 0 saturated heterocycles. The fraction of sp³-hybridized carbons (Fsp3) is 0.400. The van der Waals surface area contributed by atoms with Crippen molar-refractivity contribution in [3.05, 3.63) is 33.8 Å². The molecule has 0 heterocycles. The number of alkyl halides is 3. The van der Waals surface area contributed by atoms with Gasteiger partial charge < -0.3 is 5.11 Å². The molecule has 0 radical (unpaired) electrons. The minimum atomic E-state index is -4.37. The number of benzene rings is 1. The van der Waals surface area contributed by atoms with Gasteiger partial charge in [0.2, 0.25) is 0 Å². The van der Waals surface area contributed by atoms with Crippen LogP contribution in [-0.4, -0.2) is 11.2 Å². The first kappa shape index (κ1) is 12.5. The van der Waals surface area contributed by atoms with Crippen LogP contribution in [0.4, 0.5) is 13.2 Å². The number of hydrogen-bond donors (Lipinski definition) is 1. The van der Waals surface area contributed by atoms with Crippen molar-refractivity contribution in [2.75, 3.05) is 0 Å². The van der Waals surface area contributed by atoms with Crippen molar-refractivity contribution in [3.63, 3.8) is 0 Å². The molecule has 0 saturated carbocycles. The van der Waals surface area contributed by atoms with Gasteiger partial charge in [0.1, 0.15) is 0 Å². The van der Waals surface area contributed by atoms with Gasteiger partial charge in [0.05, 0.1) is 11.7 Å². The average Bonchev–Trinajstić information content (AvgIpc) is 2.05. The Kier molecular flexibility index (Phi) is 3.78. The van der Waals surface area contributed by atoms with Crippen LogP contribution in [0.2, 0.25) is 0 Å². The fourth-order valence-corrected chi connectivity index (χ4v) is 1.73. The summed E-state index contributed by atoms with van der Waals surface area (Å²) in [5, 5.41) is 9.08. The largest absolute Gasteiger partial charge is 0.417 e. The van der Waals surface area contributed by atoms with Crippen LogP contribution in [0.3, 0.4) is 0 Å². The van der Waals surface area contributed by atoms with Gasteiger partial charge in [-0.2, -0.15) is 13.2 Å². The molecule has 84 valence electrons. The SMILES string of the molecule is CC(O)Cc1ccc(Br)c(C(F)(F)F)c1. The second-order valence-electron chi connectivity index (χ2n) is 3.37. The van der Waals surface area contributed by atoms with E-state index in [1.165, 1.54) is 13.0 Å². The summed E-state index contributed by atoms with van der Waals surface area (Å²) in [5.74, 6) is 0. The van der Waals surface area contributed by atoms with Crippen LogP contribution in [0, 0.1) is 0 Å². The molecule has 0 amide bonds. The maximum absolute atomic E-state index is 12.5. The summed E-state index contributed by atoms with van der Waals surface area (Å²) >= 11 is 2.85. The Morgan fingerprint density at radius 2 is 2.00 bits per heavy atom. The van der Waals surface area contributed by atoms with Crippen LogP contribution < -0.4 is 0 Å². The normalized spacial score (nSPS) is 14.0. The molecule has 5 heteroatoms. The molecular formula is C10H10BrF3O. The molecule has 1 unspecified atom stereocenters. The van der Waals surface area contributed by atoms with Gasteiger partial charge in [-0.15, -0.1) is 0 Å². The molecule has 0 aliphatic carbocycles. The monoisotopic (exact) mass is 282 g/mol. The quantitative estimate of drug-likeness (QED) is 0.882. The van der Waals surface area contributed by atoms with Crippen LogP contribution in [0.25, 0.3) is 0 Å². The minimum absolute atomic E-state index is 0.0179. The maximum atomic E-state index is 12.5. The molecule has 0 spiro atoms. The van der Waals surface area contributed by atoms with Gasteiger partial charge in [0, 0.05) is 4.47 Å². The highest BCUT2D eigenvalue weighted by atomic mass is 79.9. The molecule has 0 fully saturated rings. The molecule has 15 heavy (non-hydrogen) atoms. The van der Waals surface area contributed by atoms with Crippen LogP contribution in [0.5, 0.6) is 0 Å². The molecule has 1 atom stereocenters. The predicted molar refractivity (Wildman–Crippen MR) is 54.5 cm³/mol. The standard InChI is InChI=1S/C10H10BrF3O/c1-6(15)4-7-2-3-9(11)8(5-7)10(12,13)14/h2-3,5-6,15H,4H2,1H3. The van der Waals surface area contributed by atoms with Crippen molar-refractivity contribution < 1.29 is 18.3 Å². The zero-order valence-corrected chi connectivity index (χ0v) is 9.56. The number of aliphatic hydroxyl groups excluding tert-OH is 1. The summed E-state index contributed by atoms with van der Waals surface area (Å²) in [5.41, 5.74) is -0.235. The molecule has 0 aliphatic heterocycles. The van der Waals surface area contributed by atoms with E-state index in [4.69, 9.17) is 5.11 Å². The maximum Gasteiger partial charge on any atom is 0.417 e. The van der Waals surface area contributed by atoms with Crippen LogP contribution in [-0.2, 0) is 12.6 Å². The number of rotatable bonds is 2. The Morgan fingerprint density at radius 3 is 2.47 bits per heavy atom. The van der Waals surface area contributed by atoms with Crippen molar-refractivity contribution in [1.82, 2.24) is 0 Å². The van der Waals surface area contributed by atoms with Crippen LogP contribution in [0.1, 0.15) is 18.1 Å². The van der Waals surface area contributed by atoms with Crippen LogP contribution >= 0.6 is 15.9 Å². The number of aliphatic hydroxyl groups is 1. The molecule has 1 aromatic carbocycles. The Labute approximate surface area is 94.0 Å². The first-order valence-electron chi connectivity index (χ1n) is 4.34. The van der Waals surface area contributed by atoms with Gasteiger partial charge in [0.25, 0.3) is 0 Å².